The molecule has 0 aliphatic carbocycles. The zero-order valence-electron chi connectivity index (χ0n) is 15.8. The number of fused-ring (bicyclic) bond motifs is 1. The number of nitrogens with one attached hydrogen (secondary N) is 1. The van der Waals surface area contributed by atoms with Crippen molar-refractivity contribution >= 4 is 0 Å². The average Bonchev–Trinajstić information content (AvgIpc) is 2.72. The van der Waals surface area contributed by atoms with Gasteiger partial charge in [0, 0.05) is 13.1 Å². The molecule has 2 aromatic rings. The summed E-state index contributed by atoms with van der Waals surface area (Å²) in [6.07, 6.45) is -0.0783. The van der Waals surface area contributed by atoms with Crippen LogP contribution in [0.15, 0.2) is 36.4 Å². The Balaban J connectivity index is 1.45. The van der Waals surface area contributed by atoms with E-state index in [0.717, 1.165) is 0 Å². The van der Waals surface area contributed by atoms with Crippen molar-refractivity contribution in [3.63, 3.8) is 0 Å². The molecule has 7 heteroatoms. The zero-order chi connectivity index (χ0) is 19.1. The molecule has 146 valence electrons. The Hall–Kier alpha value is -2.80. The summed E-state index contributed by atoms with van der Waals surface area (Å²) in [6, 6.07) is 11.1. The first kappa shape index (κ1) is 19.0. The highest BCUT2D eigenvalue weighted by Crippen LogP contribution is 2.40. The van der Waals surface area contributed by atoms with Crippen LogP contribution >= 0.6 is 0 Å². The van der Waals surface area contributed by atoms with E-state index < -0.39 is 0 Å². The third-order valence-corrected chi connectivity index (χ3v) is 4.15. The molecule has 0 aromatic heterocycles. The molecule has 1 aliphatic heterocycles. The molecule has 0 saturated carbocycles. The van der Waals surface area contributed by atoms with Gasteiger partial charge in [0.15, 0.2) is 23.0 Å². The normalized spacial score (nSPS) is 15.1. The van der Waals surface area contributed by atoms with E-state index in [-0.39, 0.29) is 6.10 Å². The third kappa shape index (κ3) is 4.49. The number of hydrogen-bond acceptors (Lipinski definition) is 7. The van der Waals surface area contributed by atoms with Crippen molar-refractivity contribution in [2.45, 2.75) is 6.10 Å². The van der Waals surface area contributed by atoms with Crippen LogP contribution in [0, 0.1) is 0 Å². The van der Waals surface area contributed by atoms with Crippen molar-refractivity contribution < 1.29 is 28.4 Å². The molecule has 7 nitrogen and oxygen atoms in total. The molecule has 1 heterocycles. The fraction of sp³-hybridized carbons (Fsp3) is 0.400. The average molecular weight is 375 g/mol. The van der Waals surface area contributed by atoms with Crippen LogP contribution in [0.4, 0.5) is 0 Å². The van der Waals surface area contributed by atoms with Gasteiger partial charge in [-0.05, 0) is 24.3 Å². The number of benzene rings is 2. The van der Waals surface area contributed by atoms with Crippen LogP contribution in [0.25, 0.3) is 0 Å². The second kappa shape index (κ2) is 9.23. The van der Waals surface area contributed by atoms with Gasteiger partial charge in [-0.2, -0.15) is 0 Å². The lowest BCUT2D eigenvalue weighted by molar-refractivity contribution is 0.0865. The van der Waals surface area contributed by atoms with E-state index in [9.17, 15) is 0 Å². The van der Waals surface area contributed by atoms with Crippen LogP contribution in [0.3, 0.4) is 0 Å². The van der Waals surface area contributed by atoms with Crippen molar-refractivity contribution in [2.75, 3.05) is 47.6 Å². The first-order valence-corrected chi connectivity index (χ1v) is 8.77. The predicted molar refractivity (Wildman–Crippen MR) is 101 cm³/mol. The van der Waals surface area contributed by atoms with E-state index in [1.165, 1.54) is 0 Å². The van der Waals surface area contributed by atoms with Gasteiger partial charge in [0.25, 0.3) is 0 Å². The molecule has 1 aliphatic rings. The Morgan fingerprint density at radius 1 is 0.963 bits per heavy atom. The number of hydrogen-bond donors (Lipinski definition) is 1. The molecule has 0 saturated heterocycles. The quantitative estimate of drug-likeness (QED) is 0.676. The van der Waals surface area contributed by atoms with E-state index in [2.05, 4.69) is 5.32 Å². The molecule has 1 atom stereocenters. The Kier molecular flexibility index (Phi) is 6.49. The highest BCUT2D eigenvalue weighted by molar-refractivity contribution is 5.52. The maximum absolute atomic E-state index is 5.96. The minimum Gasteiger partial charge on any atom is -0.493 e. The summed E-state index contributed by atoms with van der Waals surface area (Å²) in [5.74, 6) is 3.92. The number of ether oxygens (including phenoxy) is 6. The SMILES string of the molecule is COc1cccc(OC)c1OCCNC[C@H]1COc2c(OC)cccc2O1. The molecule has 0 radical (unpaired) electrons. The summed E-state index contributed by atoms with van der Waals surface area (Å²) < 4.78 is 33.5. The number of para-hydroxylation sites is 2. The first-order chi connectivity index (χ1) is 13.3. The second-order valence-corrected chi connectivity index (χ2v) is 5.88. The first-order valence-electron chi connectivity index (χ1n) is 8.77. The standard InChI is InChI=1S/C20H25NO6/c1-22-15-6-4-7-16(23-2)19(15)25-11-10-21-12-14-13-26-20-17(24-3)8-5-9-18(20)27-14/h4-9,14,21H,10-13H2,1-3H3/t14-/m0/s1. The van der Waals surface area contributed by atoms with E-state index in [1.807, 2.05) is 36.4 Å². The molecule has 2 aromatic carbocycles. The van der Waals surface area contributed by atoms with E-state index in [4.69, 9.17) is 28.4 Å². The Morgan fingerprint density at radius 2 is 1.63 bits per heavy atom. The lowest BCUT2D eigenvalue weighted by Gasteiger charge is -2.27. The van der Waals surface area contributed by atoms with E-state index >= 15 is 0 Å². The fourth-order valence-corrected chi connectivity index (χ4v) is 2.83. The molecule has 0 spiro atoms. The van der Waals surface area contributed by atoms with Crippen molar-refractivity contribution in [2.24, 2.45) is 0 Å². The molecule has 0 fully saturated rings. The maximum atomic E-state index is 5.96. The molecule has 0 unspecified atom stereocenters. The van der Waals surface area contributed by atoms with Gasteiger partial charge in [-0.15, -0.1) is 0 Å². The predicted octanol–water partition coefficient (Wildman–Crippen LogP) is 2.52. The minimum atomic E-state index is -0.0783. The van der Waals surface area contributed by atoms with Crippen molar-refractivity contribution in [3.8, 4) is 34.5 Å². The van der Waals surface area contributed by atoms with Gasteiger partial charge in [0.2, 0.25) is 11.5 Å². The lowest BCUT2D eigenvalue weighted by atomic mass is 10.2. The van der Waals surface area contributed by atoms with E-state index in [1.54, 1.807) is 21.3 Å². The third-order valence-electron chi connectivity index (χ3n) is 4.15. The lowest BCUT2D eigenvalue weighted by Crippen LogP contribution is -2.39. The Morgan fingerprint density at radius 3 is 2.33 bits per heavy atom. The monoisotopic (exact) mass is 375 g/mol. The highest BCUT2D eigenvalue weighted by atomic mass is 16.6. The van der Waals surface area contributed by atoms with Crippen molar-refractivity contribution in [1.82, 2.24) is 5.32 Å². The zero-order valence-corrected chi connectivity index (χ0v) is 15.8. The number of rotatable bonds is 9. The smallest absolute Gasteiger partial charge is 0.203 e. The van der Waals surface area contributed by atoms with Crippen molar-refractivity contribution in [3.05, 3.63) is 36.4 Å². The van der Waals surface area contributed by atoms with Gasteiger partial charge in [-0.25, -0.2) is 0 Å². The van der Waals surface area contributed by atoms with Gasteiger partial charge in [0.05, 0.1) is 21.3 Å². The summed E-state index contributed by atoms with van der Waals surface area (Å²) in [6.45, 7) is 2.21. The van der Waals surface area contributed by atoms with Gasteiger partial charge < -0.3 is 33.7 Å². The molecule has 27 heavy (non-hydrogen) atoms. The van der Waals surface area contributed by atoms with Crippen LogP contribution in [0.1, 0.15) is 0 Å². The van der Waals surface area contributed by atoms with Gasteiger partial charge in [-0.1, -0.05) is 12.1 Å². The van der Waals surface area contributed by atoms with Crippen molar-refractivity contribution in [1.29, 1.82) is 0 Å². The van der Waals surface area contributed by atoms with Gasteiger partial charge in [0.1, 0.15) is 19.3 Å². The molecule has 0 amide bonds. The summed E-state index contributed by atoms with van der Waals surface area (Å²) in [5, 5.41) is 3.32. The Labute approximate surface area is 159 Å². The Bertz CT molecular complexity index is 729. The second-order valence-electron chi connectivity index (χ2n) is 5.88. The molecule has 0 bridgehead atoms. The molecule has 1 N–H and O–H groups in total. The van der Waals surface area contributed by atoms with Crippen LogP contribution in [0.2, 0.25) is 0 Å². The molecular weight excluding hydrogens is 350 g/mol. The summed E-state index contributed by atoms with van der Waals surface area (Å²) in [5.41, 5.74) is 0. The highest BCUT2D eigenvalue weighted by Gasteiger charge is 2.23. The van der Waals surface area contributed by atoms with Gasteiger partial charge in [-0.3, -0.25) is 0 Å². The van der Waals surface area contributed by atoms with E-state index in [0.29, 0.717) is 60.8 Å². The maximum Gasteiger partial charge on any atom is 0.203 e. The summed E-state index contributed by atoms with van der Waals surface area (Å²) in [7, 11) is 4.82. The molecule has 3 rings (SSSR count). The summed E-state index contributed by atoms with van der Waals surface area (Å²) in [4.78, 5) is 0. The largest absolute Gasteiger partial charge is 0.493 e. The number of methoxy groups -OCH3 is 3. The van der Waals surface area contributed by atoms with Gasteiger partial charge >= 0.3 is 0 Å². The van der Waals surface area contributed by atoms with Crippen LogP contribution in [-0.4, -0.2) is 53.7 Å². The fourth-order valence-electron chi connectivity index (χ4n) is 2.83. The van der Waals surface area contributed by atoms with Crippen LogP contribution < -0.4 is 33.7 Å². The topological polar surface area (TPSA) is 67.4 Å². The summed E-state index contributed by atoms with van der Waals surface area (Å²) >= 11 is 0. The van der Waals surface area contributed by atoms with Crippen LogP contribution in [-0.2, 0) is 0 Å². The molecular formula is C20H25NO6. The minimum absolute atomic E-state index is 0.0783. The van der Waals surface area contributed by atoms with Crippen LogP contribution in [0.5, 0.6) is 34.5 Å².